The molecule has 0 aliphatic rings. The number of nitrogens with one attached hydrogen (secondary N) is 1. The fourth-order valence-corrected chi connectivity index (χ4v) is 2.10. The van der Waals surface area contributed by atoms with Gasteiger partial charge in [-0.25, -0.2) is 14.4 Å². The lowest BCUT2D eigenvalue weighted by Crippen LogP contribution is -2.23. The van der Waals surface area contributed by atoms with Gasteiger partial charge < -0.3 is 5.32 Å². The lowest BCUT2D eigenvalue weighted by Gasteiger charge is -2.06. The van der Waals surface area contributed by atoms with Gasteiger partial charge in [-0.3, -0.25) is 4.79 Å². The number of rotatable bonds is 4. The lowest BCUT2D eigenvalue weighted by atomic mass is 10.2. The predicted octanol–water partition coefficient (Wildman–Crippen LogP) is 3.21. The molecule has 23 heavy (non-hydrogen) atoms. The Morgan fingerprint density at radius 2 is 1.74 bits per heavy atom. The van der Waals surface area contributed by atoms with Crippen LogP contribution in [0.2, 0.25) is 0 Å². The Hall–Kier alpha value is -3.08. The van der Waals surface area contributed by atoms with Gasteiger partial charge in [0.15, 0.2) is 5.82 Å². The van der Waals surface area contributed by atoms with Crippen LogP contribution in [0.3, 0.4) is 0 Å². The Labute approximate surface area is 133 Å². The third-order valence-corrected chi connectivity index (χ3v) is 3.29. The molecule has 0 aliphatic carbocycles. The molecule has 114 valence electrons. The van der Waals surface area contributed by atoms with Crippen molar-refractivity contribution in [3.63, 3.8) is 0 Å². The normalized spacial score (nSPS) is 10.3. The van der Waals surface area contributed by atoms with E-state index >= 15 is 0 Å². The highest BCUT2D eigenvalue weighted by Crippen LogP contribution is 2.15. The van der Waals surface area contributed by atoms with Gasteiger partial charge >= 0.3 is 0 Å². The van der Waals surface area contributed by atoms with Crippen molar-refractivity contribution in [2.75, 3.05) is 0 Å². The van der Waals surface area contributed by atoms with Gasteiger partial charge in [0.1, 0.15) is 5.82 Å². The number of halogens is 1. The summed E-state index contributed by atoms with van der Waals surface area (Å²) in [7, 11) is 0. The van der Waals surface area contributed by atoms with Crippen LogP contribution in [0.4, 0.5) is 4.39 Å². The SMILES string of the molecule is O=C(NCc1ccccc1)c1cnc(-c2cccc(F)c2)nc1. The molecule has 1 amide bonds. The van der Waals surface area contributed by atoms with Crippen molar-refractivity contribution in [1.82, 2.24) is 15.3 Å². The molecule has 2 aromatic carbocycles. The molecule has 5 heteroatoms. The van der Waals surface area contributed by atoms with Crippen molar-refractivity contribution in [3.8, 4) is 11.4 Å². The van der Waals surface area contributed by atoms with Gasteiger partial charge in [-0.15, -0.1) is 0 Å². The molecule has 1 aromatic heterocycles. The topological polar surface area (TPSA) is 54.9 Å². The molecular formula is C18H14FN3O. The fourth-order valence-electron chi connectivity index (χ4n) is 2.10. The van der Waals surface area contributed by atoms with Crippen LogP contribution in [0.15, 0.2) is 67.0 Å². The number of aromatic nitrogens is 2. The Morgan fingerprint density at radius 3 is 2.43 bits per heavy atom. The van der Waals surface area contributed by atoms with E-state index in [0.717, 1.165) is 5.56 Å². The highest BCUT2D eigenvalue weighted by molar-refractivity contribution is 5.93. The zero-order valence-electron chi connectivity index (χ0n) is 12.2. The van der Waals surface area contributed by atoms with Crippen LogP contribution in [0, 0.1) is 5.82 Å². The molecule has 4 nitrogen and oxygen atoms in total. The van der Waals surface area contributed by atoms with Crippen molar-refractivity contribution in [2.24, 2.45) is 0 Å². The van der Waals surface area contributed by atoms with Gasteiger partial charge in [0.25, 0.3) is 5.91 Å². The summed E-state index contributed by atoms with van der Waals surface area (Å²) in [6.07, 6.45) is 2.88. The Balaban J connectivity index is 1.68. The molecule has 1 N–H and O–H groups in total. The monoisotopic (exact) mass is 307 g/mol. The van der Waals surface area contributed by atoms with E-state index in [-0.39, 0.29) is 11.7 Å². The zero-order chi connectivity index (χ0) is 16.1. The first-order valence-corrected chi connectivity index (χ1v) is 7.12. The van der Waals surface area contributed by atoms with Crippen LogP contribution >= 0.6 is 0 Å². The van der Waals surface area contributed by atoms with Gasteiger partial charge in [0, 0.05) is 24.5 Å². The summed E-state index contributed by atoms with van der Waals surface area (Å²) < 4.78 is 13.2. The lowest BCUT2D eigenvalue weighted by molar-refractivity contribution is 0.0950. The van der Waals surface area contributed by atoms with E-state index in [1.165, 1.54) is 24.5 Å². The van der Waals surface area contributed by atoms with E-state index in [0.29, 0.717) is 23.5 Å². The molecule has 0 saturated carbocycles. The van der Waals surface area contributed by atoms with Crippen LogP contribution in [0.25, 0.3) is 11.4 Å². The van der Waals surface area contributed by atoms with Crippen molar-refractivity contribution in [3.05, 3.63) is 83.9 Å². The van der Waals surface area contributed by atoms with E-state index in [9.17, 15) is 9.18 Å². The second-order valence-electron chi connectivity index (χ2n) is 4.97. The first kappa shape index (κ1) is 14.8. The van der Waals surface area contributed by atoms with Crippen LogP contribution in [0.5, 0.6) is 0 Å². The summed E-state index contributed by atoms with van der Waals surface area (Å²) in [5.74, 6) is -0.223. The highest BCUT2D eigenvalue weighted by Gasteiger charge is 2.08. The van der Waals surface area contributed by atoms with E-state index in [1.807, 2.05) is 30.3 Å². The molecule has 3 rings (SSSR count). The predicted molar refractivity (Wildman–Crippen MR) is 85.0 cm³/mol. The number of hydrogen-bond donors (Lipinski definition) is 1. The molecule has 0 unspecified atom stereocenters. The molecule has 0 atom stereocenters. The summed E-state index contributed by atoms with van der Waals surface area (Å²) >= 11 is 0. The number of nitrogens with zero attached hydrogens (tertiary/aromatic N) is 2. The standard InChI is InChI=1S/C18H14FN3O/c19-16-8-4-7-14(9-16)17-20-11-15(12-21-17)18(23)22-10-13-5-2-1-3-6-13/h1-9,11-12H,10H2,(H,22,23). The third-order valence-electron chi connectivity index (χ3n) is 3.29. The fraction of sp³-hybridized carbons (Fsp3) is 0.0556. The molecule has 0 fully saturated rings. The van der Waals surface area contributed by atoms with Crippen molar-refractivity contribution in [2.45, 2.75) is 6.54 Å². The molecule has 0 bridgehead atoms. The molecule has 0 saturated heterocycles. The van der Waals surface area contributed by atoms with Gasteiger partial charge in [0.05, 0.1) is 5.56 Å². The summed E-state index contributed by atoms with van der Waals surface area (Å²) in [5.41, 5.74) is 1.94. The largest absolute Gasteiger partial charge is 0.348 e. The van der Waals surface area contributed by atoms with Crippen molar-refractivity contribution >= 4 is 5.91 Å². The van der Waals surface area contributed by atoms with Crippen LogP contribution < -0.4 is 5.32 Å². The second kappa shape index (κ2) is 6.79. The number of benzene rings is 2. The molecule has 3 aromatic rings. The first-order chi connectivity index (χ1) is 11.2. The van der Waals surface area contributed by atoms with Gasteiger partial charge in [-0.2, -0.15) is 0 Å². The molecule has 0 radical (unpaired) electrons. The molecule has 0 spiro atoms. The number of carbonyl (C=O) groups is 1. The van der Waals surface area contributed by atoms with E-state index in [1.54, 1.807) is 12.1 Å². The van der Waals surface area contributed by atoms with Gasteiger partial charge in [-0.1, -0.05) is 42.5 Å². The van der Waals surface area contributed by atoms with E-state index in [2.05, 4.69) is 15.3 Å². The average Bonchev–Trinajstić information content (AvgIpc) is 2.61. The van der Waals surface area contributed by atoms with Crippen LogP contribution in [0.1, 0.15) is 15.9 Å². The summed E-state index contributed by atoms with van der Waals surface area (Å²) in [4.78, 5) is 20.3. The number of hydrogen-bond acceptors (Lipinski definition) is 3. The molecular weight excluding hydrogens is 293 g/mol. The van der Waals surface area contributed by atoms with E-state index in [4.69, 9.17) is 0 Å². The quantitative estimate of drug-likeness (QED) is 0.805. The summed E-state index contributed by atoms with van der Waals surface area (Å²) in [6.45, 7) is 0.436. The molecule has 0 aliphatic heterocycles. The minimum atomic E-state index is -0.351. The van der Waals surface area contributed by atoms with Crippen LogP contribution in [-0.4, -0.2) is 15.9 Å². The summed E-state index contributed by atoms with van der Waals surface area (Å²) in [5, 5.41) is 2.80. The Bertz CT molecular complexity index is 804. The maximum absolute atomic E-state index is 13.2. The summed E-state index contributed by atoms with van der Waals surface area (Å²) in [6, 6.07) is 15.6. The number of amides is 1. The number of carbonyl (C=O) groups excluding carboxylic acids is 1. The van der Waals surface area contributed by atoms with Gasteiger partial charge in [0.2, 0.25) is 0 Å². The minimum Gasteiger partial charge on any atom is -0.348 e. The van der Waals surface area contributed by atoms with Crippen LogP contribution in [-0.2, 0) is 6.54 Å². The van der Waals surface area contributed by atoms with E-state index < -0.39 is 0 Å². The minimum absolute atomic E-state index is 0.250. The van der Waals surface area contributed by atoms with Crippen molar-refractivity contribution in [1.29, 1.82) is 0 Å². The Kier molecular flexibility index (Phi) is 4.38. The maximum Gasteiger partial charge on any atom is 0.254 e. The average molecular weight is 307 g/mol. The Morgan fingerprint density at radius 1 is 1.00 bits per heavy atom. The highest BCUT2D eigenvalue weighted by atomic mass is 19.1. The maximum atomic E-state index is 13.2. The van der Waals surface area contributed by atoms with Gasteiger partial charge in [-0.05, 0) is 17.7 Å². The first-order valence-electron chi connectivity index (χ1n) is 7.12. The zero-order valence-corrected chi connectivity index (χ0v) is 12.2. The third kappa shape index (κ3) is 3.77. The van der Waals surface area contributed by atoms with Crippen molar-refractivity contribution < 1.29 is 9.18 Å². The second-order valence-corrected chi connectivity index (χ2v) is 4.97. The molecule has 1 heterocycles. The smallest absolute Gasteiger partial charge is 0.254 e.